The predicted molar refractivity (Wildman–Crippen MR) is 94.4 cm³/mol. The van der Waals surface area contributed by atoms with Crippen LogP contribution in [0.3, 0.4) is 0 Å². The van der Waals surface area contributed by atoms with Crippen LogP contribution in [0.15, 0.2) is 48.5 Å². The highest BCUT2D eigenvalue weighted by Gasteiger charge is 2.21. The van der Waals surface area contributed by atoms with Crippen molar-refractivity contribution in [3.63, 3.8) is 0 Å². The summed E-state index contributed by atoms with van der Waals surface area (Å²) in [5.74, 6) is -1.12. The van der Waals surface area contributed by atoms with Gasteiger partial charge in [-0.3, -0.25) is 9.10 Å². The van der Waals surface area contributed by atoms with E-state index in [1.807, 2.05) is 6.07 Å². The van der Waals surface area contributed by atoms with Crippen LogP contribution in [0, 0.1) is 5.82 Å². The van der Waals surface area contributed by atoms with E-state index in [-0.39, 0.29) is 5.69 Å². The van der Waals surface area contributed by atoms with Crippen molar-refractivity contribution in [2.24, 2.45) is 0 Å². The summed E-state index contributed by atoms with van der Waals surface area (Å²) in [5.41, 5.74) is 1.48. The summed E-state index contributed by atoms with van der Waals surface area (Å²) in [4.78, 5) is 12.3. The molecule has 0 saturated carbocycles. The monoisotopic (exact) mass is 366 g/mol. The molecule has 0 aliphatic carbocycles. The van der Waals surface area contributed by atoms with Crippen LogP contribution >= 0.6 is 0 Å². The molecule has 0 aliphatic heterocycles. The van der Waals surface area contributed by atoms with Crippen molar-refractivity contribution < 1.29 is 22.3 Å². The van der Waals surface area contributed by atoms with Gasteiger partial charge in [-0.25, -0.2) is 12.8 Å². The maximum absolute atomic E-state index is 13.4. The van der Waals surface area contributed by atoms with Crippen LogP contribution in [0.5, 0.6) is 0 Å². The smallest absolute Gasteiger partial charge is 0.245 e. The van der Waals surface area contributed by atoms with E-state index in [2.05, 4.69) is 5.32 Å². The molecule has 0 saturated heterocycles. The van der Waals surface area contributed by atoms with Crippen LogP contribution in [0.1, 0.15) is 5.56 Å². The second-order valence-electron chi connectivity index (χ2n) is 5.43. The van der Waals surface area contributed by atoms with Gasteiger partial charge in [-0.15, -0.1) is 0 Å². The Morgan fingerprint density at radius 1 is 1.20 bits per heavy atom. The Morgan fingerprint density at radius 2 is 1.92 bits per heavy atom. The van der Waals surface area contributed by atoms with Crippen LogP contribution in [-0.4, -0.2) is 34.2 Å². The number of amides is 1. The molecule has 0 unspecified atom stereocenters. The Balaban J connectivity index is 2.16. The maximum Gasteiger partial charge on any atom is 0.245 e. The minimum absolute atomic E-state index is 0.0887. The number of rotatable bonds is 7. The number of benzene rings is 2. The molecule has 2 aromatic carbocycles. The summed E-state index contributed by atoms with van der Waals surface area (Å²) in [6.07, 6.45) is 0.963. The molecule has 0 aliphatic rings. The molecule has 8 heteroatoms. The predicted octanol–water partition coefficient (Wildman–Crippen LogP) is 2.38. The van der Waals surface area contributed by atoms with Gasteiger partial charge in [0.2, 0.25) is 15.9 Å². The molecule has 25 heavy (non-hydrogen) atoms. The van der Waals surface area contributed by atoms with Crippen LogP contribution in [-0.2, 0) is 26.2 Å². The number of halogens is 1. The zero-order valence-electron chi connectivity index (χ0n) is 13.9. The van der Waals surface area contributed by atoms with Gasteiger partial charge in [-0.2, -0.15) is 0 Å². The quantitative estimate of drug-likeness (QED) is 0.816. The third kappa shape index (κ3) is 5.54. The van der Waals surface area contributed by atoms with Gasteiger partial charge in [0.05, 0.1) is 18.6 Å². The first-order chi connectivity index (χ1) is 11.8. The zero-order chi connectivity index (χ0) is 18.4. The lowest BCUT2D eigenvalue weighted by Gasteiger charge is -2.22. The molecule has 0 spiro atoms. The third-order valence-electron chi connectivity index (χ3n) is 3.31. The first-order valence-corrected chi connectivity index (χ1v) is 9.25. The lowest BCUT2D eigenvalue weighted by molar-refractivity contribution is -0.114. The molecule has 2 aromatic rings. The number of hydrogen-bond acceptors (Lipinski definition) is 4. The van der Waals surface area contributed by atoms with Crippen molar-refractivity contribution in [3.8, 4) is 0 Å². The van der Waals surface area contributed by atoms with Crippen molar-refractivity contribution in [3.05, 3.63) is 59.9 Å². The van der Waals surface area contributed by atoms with Crippen molar-refractivity contribution in [1.29, 1.82) is 0 Å². The number of nitrogens with zero attached hydrogens (tertiary/aromatic N) is 1. The van der Waals surface area contributed by atoms with Gasteiger partial charge in [0.15, 0.2) is 0 Å². The number of hydrogen-bond donors (Lipinski definition) is 1. The van der Waals surface area contributed by atoms with Crippen LogP contribution < -0.4 is 9.62 Å². The Bertz CT molecular complexity index is 855. The molecule has 0 fully saturated rings. The fraction of sp³-hybridized carbons (Fsp3) is 0.235. The lowest BCUT2D eigenvalue weighted by atomic mass is 10.2. The maximum atomic E-state index is 13.4. The average molecular weight is 366 g/mol. The molecule has 0 atom stereocenters. The SMILES string of the molecule is COCc1cccc(NC(=O)CN(c2cccc(F)c2)S(C)(=O)=O)c1. The Kier molecular flexibility index (Phi) is 6.11. The third-order valence-corrected chi connectivity index (χ3v) is 4.45. The van der Waals surface area contributed by atoms with E-state index in [9.17, 15) is 17.6 Å². The number of anilines is 2. The summed E-state index contributed by atoms with van der Waals surface area (Å²) in [6.45, 7) is -0.0702. The molecular weight excluding hydrogens is 347 g/mol. The van der Waals surface area contributed by atoms with Gasteiger partial charge in [-0.05, 0) is 35.9 Å². The summed E-state index contributed by atoms with van der Waals surface area (Å²) < 4.78 is 43.2. The van der Waals surface area contributed by atoms with Crippen LogP contribution in [0.2, 0.25) is 0 Å². The van der Waals surface area contributed by atoms with Gasteiger partial charge in [0.25, 0.3) is 0 Å². The molecular formula is C17H19FN2O4S. The van der Waals surface area contributed by atoms with E-state index < -0.39 is 28.3 Å². The van der Waals surface area contributed by atoms with E-state index in [0.29, 0.717) is 12.3 Å². The molecule has 0 radical (unpaired) electrons. The highest BCUT2D eigenvalue weighted by molar-refractivity contribution is 7.92. The topological polar surface area (TPSA) is 75.7 Å². The largest absolute Gasteiger partial charge is 0.380 e. The van der Waals surface area contributed by atoms with E-state index in [4.69, 9.17) is 4.74 Å². The molecule has 1 amide bonds. The minimum Gasteiger partial charge on any atom is -0.380 e. The summed E-state index contributed by atoms with van der Waals surface area (Å²) in [6, 6.07) is 12.1. The number of carbonyl (C=O) groups excluding carboxylic acids is 1. The molecule has 1 N–H and O–H groups in total. The summed E-state index contributed by atoms with van der Waals surface area (Å²) >= 11 is 0. The molecule has 6 nitrogen and oxygen atoms in total. The fourth-order valence-electron chi connectivity index (χ4n) is 2.27. The fourth-order valence-corrected chi connectivity index (χ4v) is 3.12. The standard InChI is InChI=1S/C17H19FN2O4S/c1-24-12-13-5-3-7-15(9-13)19-17(21)11-20(25(2,22)23)16-8-4-6-14(18)10-16/h3-10H,11-12H2,1-2H3,(H,19,21). The Hall–Kier alpha value is -2.45. The van der Waals surface area contributed by atoms with Crippen molar-refractivity contribution in [1.82, 2.24) is 0 Å². The number of ether oxygens (including phenoxy) is 1. The van der Waals surface area contributed by atoms with E-state index >= 15 is 0 Å². The Labute approximate surface area is 146 Å². The van der Waals surface area contributed by atoms with E-state index in [0.717, 1.165) is 22.2 Å². The normalized spacial score (nSPS) is 11.2. The number of nitrogens with one attached hydrogen (secondary N) is 1. The van der Waals surface area contributed by atoms with Gasteiger partial charge in [0.1, 0.15) is 12.4 Å². The second-order valence-corrected chi connectivity index (χ2v) is 7.34. The highest BCUT2D eigenvalue weighted by atomic mass is 32.2. The second kappa shape index (κ2) is 8.09. The average Bonchev–Trinajstić information content (AvgIpc) is 2.52. The summed E-state index contributed by atoms with van der Waals surface area (Å²) in [7, 11) is -2.19. The zero-order valence-corrected chi connectivity index (χ0v) is 14.7. The molecule has 0 heterocycles. The lowest BCUT2D eigenvalue weighted by Crippen LogP contribution is -2.37. The molecule has 0 bridgehead atoms. The van der Waals surface area contributed by atoms with Crippen LogP contribution in [0.25, 0.3) is 0 Å². The molecule has 0 aromatic heterocycles. The molecule has 134 valence electrons. The van der Waals surface area contributed by atoms with E-state index in [1.54, 1.807) is 25.3 Å². The van der Waals surface area contributed by atoms with Crippen LogP contribution in [0.4, 0.5) is 15.8 Å². The number of methoxy groups -OCH3 is 1. The summed E-state index contributed by atoms with van der Waals surface area (Å²) in [5, 5.41) is 2.63. The number of sulfonamides is 1. The van der Waals surface area contributed by atoms with Gasteiger partial charge in [0, 0.05) is 12.8 Å². The first-order valence-electron chi connectivity index (χ1n) is 7.40. The Morgan fingerprint density at radius 3 is 2.56 bits per heavy atom. The highest BCUT2D eigenvalue weighted by Crippen LogP contribution is 2.19. The van der Waals surface area contributed by atoms with Crippen molar-refractivity contribution in [2.75, 3.05) is 29.5 Å². The van der Waals surface area contributed by atoms with Crippen molar-refractivity contribution in [2.45, 2.75) is 6.61 Å². The first kappa shape index (κ1) is 18.9. The van der Waals surface area contributed by atoms with Gasteiger partial charge >= 0.3 is 0 Å². The minimum atomic E-state index is -3.75. The van der Waals surface area contributed by atoms with Crippen molar-refractivity contribution >= 4 is 27.3 Å². The van der Waals surface area contributed by atoms with E-state index in [1.165, 1.54) is 18.2 Å². The van der Waals surface area contributed by atoms with Gasteiger partial charge < -0.3 is 10.1 Å². The van der Waals surface area contributed by atoms with Gasteiger partial charge in [-0.1, -0.05) is 18.2 Å². The molecule has 2 rings (SSSR count). The number of carbonyl (C=O) groups is 1.